The summed E-state index contributed by atoms with van der Waals surface area (Å²) in [4.78, 5) is 0. The number of piperidine rings is 1. The van der Waals surface area contributed by atoms with E-state index in [1.165, 1.54) is 43.5 Å². The molecule has 1 nitrogen and oxygen atoms in total. The predicted octanol–water partition coefficient (Wildman–Crippen LogP) is 4.73. The van der Waals surface area contributed by atoms with E-state index in [2.05, 4.69) is 55.8 Å². The first-order valence-electron chi connectivity index (χ1n) is 7.32. The van der Waals surface area contributed by atoms with Crippen molar-refractivity contribution >= 4 is 0 Å². The fourth-order valence-electron chi connectivity index (χ4n) is 1.61. The molecule has 19 heavy (non-hydrogen) atoms. The first-order chi connectivity index (χ1) is 9.20. The highest BCUT2D eigenvalue weighted by atomic mass is 14.9. The fourth-order valence-corrected chi connectivity index (χ4v) is 1.61. The maximum atomic E-state index is 4.60. The molecule has 0 radical (unpaired) electrons. The van der Waals surface area contributed by atoms with Gasteiger partial charge in [-0.1, -0.05) is 55.7 Å². The first-order valence-corrected chi connectivity index (χ1v) is 7.32. The van der Waals surface area contributed by atoms with Crippen LogP contribution in [0.5, 0.6) is 0 Å². The molecule has 0 saturated carbocycles. The van der Waals surface area contributed by atoms with E-state index in [1.54, 1.807) is 6.92 Å². The van der Waals surface area contributed by atoms with Gasteiger partial charge in [0, 0.05) is 0 Å². The highest BCUT2D eigenvalue weighted by molar-refractivity contribution is 5.20. The van der Waals surface area contributed by atoms with Gasteiger partial charge in [0.25, 0.3) is 0 Å². The number of benzene rings is 1. The van der Waals surface area contributed by atoms with Gasteiger partial charge in [-0.05, 0) is 46.7 Å². The molecule has 1 aromatic carbocycles. The number of nitrogens with one attached hydrogen (secondary N) is 1. The molecule has 1 aliphatic heterocycles. The molecule has 0 bridgehead atoms. The Morgan fingerprint density at radius 1 is 1.00 bits per heavy atom. The van der Waals surface area contributed by atoms with Crippen LogP contribution in [0.2, 0.25) is 0 Å². The Balaban J connectivity index is 0. The Morgan fingerprint density at radius 3 is 1.58 bits per heavy atom. The van der Waals surface area contributed by atoms with E-state index in [0.717, 1.165) is 0 Å². The van der Waals surface area contributed by atoms with Crippen molar-refractivity contribution in [2.24, 2.45) is 0 Å². The maximum Gasteiger partial charge on any atom is -0.00297 e. The number of terminal acetylenes is 1. The molecule has 0 unspecified atom stereocenters. The minimum Gasteiger partial charge on any atom is -0.317 e. The summed E-state index contributed by atoms with van der Waals surface area (Å²) in [5.41, 5.74) is 2.68. The van der Waals surface area contributed by atoms with Gasteiger partial charge < -0.3 is 5.32 Å². The SMILES string of the molecule is C#CC.C1CCNCC1.CC.Cc1cccc(C)c1. The zero-order chi connectivity index (χ0) is 14.9. The third kappa shape index (κ3) is 16.7. The van der Waals surface area contributed by atoms with Gasteiger partial charge in [0.2, 0.25) is 0 Å². The van der Waals surface area contributed by atoms with Crippen molar-refractivity contribution in [3.63, 3.8) is 0 Å². The molecule has 1 heteroatoms. The van der Waals surface area contributed by atoms with Gasteiger partial charge in [-0.15, -0.1) is 12.3 Å². The van der Waals surface area contributed by atoms with Gasteiger partial charge in [0.05, 0.1) is 0 Å². The quantitative estimate of drug-likeness (QED) is 0.666. The molecule has 1 N–H and O–H groups in total. The number of hydrogen-bond donors (Lipinski definition) is 1. The minimum absolute atomic E-state index is 1.25. The number of rotatable bonds is 0. The van der Waals surface area contributed by atoms with Crippen LogP contribution in [0.4, 0.5) is 0 Å². The highest BCUT2D eigenvalue weighted by Crippen LogP contribution is 2.00. The Kier molecular flexibility index (Phi) is 17.7. The summed E-state index contributed by atoms with van der Waals surface area (Å²) >= 11 is 0. The molecule has 1 saturated heterocycles. The second-order valence-electron chi connectivity index (χ2n) is 4.26. The second-order valence-corrected chi connectivity index (χ2v) is 4.26. The van der Waals surface area contributed by atoms with Crippen molar-refractivity contribution in [3.05, 3.63) is 35.4 Å². The fraction of sp³-hybridized carbons (Fsp3) is 0.556. The van der Waals surface area contributed by atoms with E-state index < -0.39 is 0 Å². The molecule has 0 aliphatic carbocycles. The standard InChI is InChI=1S/C8H10.C5H11N.C3H4.C2H6/c1-7-4-3-5-8(2)6-7;1-2-4-6-5-3-1;1-3-2;1-2/h3-6H,1-2H3;6H,1-5H2;1H,2H3;1-2H3. The molecular formula is C18H31N. The molecule has 0 amide bonds. The largest absolute Gasteiger partial charge is 0.317 e. The molecular weight excluding hydrogens is 230 g/mol. The van der Waals surface area contributed by atoms with Crippen molar-refractivity contribution in [3.8, 4) is 12.3 Å². The van der Waals surface area contributed by atoms with Crippen LogP contribution in [-0.4, -0.2) is 13.1 Å². The summed E-state index contributed by atoms with van der Waals surface area (Å²) in [5, 5.41) is 3.28. The lowest BCUT2D eigenvalue weighted by atomic mass is 10.2. The molecule has 1 fully saturated rings. The van der Waals surface area contributed by atoms with Gasteiger partial charge in [0.1, 0.15) is 0 Å². The van der Waals surface area contributed by atoms with Crippen LogP contribution in [0.15, 0.2) is 24.3 Å². The molecule has 2 rings (SSSR count). The molecule has 0 atom stereocenters. The summed E-state index contributed by atoms with van der Waals surface area (Å²) < 4.78 is 0. The Labute approximate surface area is 120 Å². The zero-order valence-corrected chi connectivity index (χ0v) is 13.4. The smallest absolute Gasteiger partial charge is 0.00297 e. The number of hydrogen-bond acceptors (Lipinski definition) is 1. The monoisotopic (exact) mass is 261 g/mol. The van der Waals surface area contributed by atoms with Crippen molar-refractivity contribution in [2.45, 2.75) is 53.9 Å². The molecule has 1 aromatic rings. The maximum absolute atomic E-state index is 4.60. The lowest BCUT2D eigenvalue weighted by molar-refractivity contribution is 0.520. The second kappa shape index (κ2) is 16.7. The Bertz CT molecular complexity index is 290. The average molecular weight is 261 g/mol. The van der Waals surface area contributed by atoms with Crippen molar-refractivity contribution < 1.29 is 0 Å². The third-order valence-electron chi connectivity index (χ3n) is 2.38. The molecule has 1 heterocycles. The number of aryl methyl sites for hydroxylation is 2. The van der Waals surface area contributed by atoms with Crippen molar-refractivity contribution in [1.82, 2.24) is 5.32 Å². The van der Waals surface area contributed by atoms with E-state index in [0.29, 0.717) is 0 Å². The first kappa shape index (κ1) is 20.1. The van der Waals surface area contributed by atoms with E-state index in [9.17, 15) is 0 Å². The van der Waals surface area contributed by atoms with Crippen LogP contribution >= 0.6 is 0 Å². The lowest BCUT2D eigenvalue weighted by Gasteiger charge is -2.08. The molecule has 108 valence electrons. The molecule has 0 spiro atoms. The van der Waals surface area contributed by atoms with E-state index in [4.69, 9.17) is 0 Å². The van der Waals surface area contributed by atoms with E-state index in [-0.39, 0.29) is 0 Å². The summed E-state index contributed by atoms with van der Waals surface area (Å²) in [6.07, 6.45) is 8.81. The van der Waals surface area contributed by atoms with Crippen LogP contribution in [0.3, 0.4) is 0 Å². The lowest BCUT2D eigenvalue weighted by Crippen LogP contribution is -2.21. The minimum atomic E-state index is 1.25. The summed E-state index contributed by atoms with van der Waals surface area (Å²) in [6.45, 7) is 12.4. The molecule has 1 aliphatic rings. The van der Waals surface area contributed by atoms with Crippen LogP contribution in [0.25, 0.3) is 0 Å². The van der Waals surface area contributed by atoms with Gasteiger partial charge in [-0.25, -0.2) is 0 Å². The van der Waals surface area contributed by atoms with Crippen molar-refractivity contribution in [2.75, 3.05) is 13.1 Å². The third-order valence-corrected chi connectivity index (χ3v) is 2.38. The van der Waals surface area contributed by atoms with Crippen molar-refractivity contribution in [1.29, 1.82) is 0 Å². The summed E-state index contributed by atoms with van der Waals surface area (Å²) in [5.74, 6) is 2.25. The summed E-state index contributed by atoms with van der Waals surface area (Å²) in [6, 6.07) is 8.45. The predicted molar refractivity (Wildman–Crippen MR) is 88.5 cm³/mol. The summed E-state index contributed by atoms with van der Waals surface area (Å²) in [7, 11) is 0. The van der Waals surface area contributed by atoms with E-state index in [1.807, 2.05) is 13.8 Å². The van der Waals surface area contributed by atoms with Gasteiger partial charge in [0.15, 0.2) is 0 Å². The zero-order valence-electron chi connectivity index (χ0n) is 13.4. The highest BCUT2D eigenvalue weighted by Gasteiger charge is 1.93. The van der Waals surface area contributed by atoms with Gasteiger partial charge in [-0.2, -0.15) is 0 Å². The van der Waals surface area contributed by atoms with Crippen LogP contribution in [0, 0.1) is 26.2 Å². The normalized spacial score (nSPS) is 12.2. The Morgan fingerprint density at radius 2 is 1.42 bits per heavy atom. The average Bonchev–Trinajstić information content (AvgIpc) is 2.44. The molecule has 0 aromatic heterocycles. The van der Waals surface area contributed by atoms with Crippen LogP contribution in [-0.2, 0) is 0 Å². The van der Waals surface area contributed by atoms with Crippen LogP contribution < -0.4 is 5.32 Å². The topological polar surface area (TPSA) is 12.0 Å². The van der Waals surface area contributed by atoms with Gasteiger partial charge >= 0.3 is 0 Å². The van der Waals surface area contributed by atoms with Crippen LogP contribution in [0.1, 0.15) is 51.2 Å². The van der Waals surface area contributed by atoms with Gasteiger partial charge in [-0.3, -0.25) is 0 Å². The Hall–Kier alpha value is -1.26. The van der Waals surface area contributed by atoms with E-state index >= 15 is 0 Å².